The second-order valence-corrected chi connectivity index (χ2v) is 4.47. The first-order valence-electron chi connectivity index (χ1n) is 5.16. The van der Waals surface area contributed by atoms with Gasteiger partial charge in [0.25, 0.3) is 0 Å². The number of hydrogen-bond acceptors (Lipinski definition) is 4. The van der Waals surface area contributed by atoms with Crippen molar-refractivity contribution in [3.8, 4) is 0 Å². The highest BCUT2D eigenvalue weighted by atomic mass is 32.1. The van der Waals surface area contributed by atoms with Gasteiger partial charge in [0.15, 0.2) is 0 Å². The van der Waals surface area contributed by atoms with Crippen molar-refractivity contribution in [3.05, 3.63) is 52.5 Å². The van der Waals surface area contributed by atoms with Crippen molar-refractivity contribution in [2.24, 2.45) is 0 Å². The molecular formula is C12H14N2OS. The van der Waals surface area contributed by atoms with Crippen molar-refractivity contribution in [3.63, 3.8) is 0 Å². The van der Waals surface area contributed by atoms with Gasteiger partial charge in [0.1, 0.15) is 0 Å². The SMILES string of the molecule is OC[C@@H](NCc1cncs1)c1ccccc1. The molecule has 1 aromatic carbocycles. The maximum absolute atomic E-state index is 9.33. The van der Waals surface area contributed by atoms with Crippen molar-refractivity contribution >= 4 is 11.3 Å². The molecular weight excluding hydrogens is 220 g/mol. The quantitative estimate of drug-likeness (QED) is 0.831. The second-order valence-electron chi connectivity index (χ2n) is 3.49. The van der Waals surface area contributed by atoms with Gasteiger partial charge in [0, 0.05) is 17.6 Å². The zero-order valence-corrected chi connectivity index (χ0v) is 9.65. The maximum atomic E-state index is 9.33. The van der Waals surface area contributed by atoms with Crippen LogP contribution in [0.15, 0.2) is 42.0 Å². The summed E-state index contributed by atoms with van der Waals surface area (Å²) < 4.78 is 0. The van der Waals surface area contributed by atoms with E-state index in [0.717, 1.165) is 12.1 Å². The third-order valence-corrected chi connectivity index (χ3v) is 3.17. The van der Waals surface area contributed by atoms with E-state index in [1.165, 1.54) is 4.88 Å². The fraction of sp³-hybridized carbons (Fsp3) is 0.250. The number of aliphatic hydroxyl groups excluding tert-OH is 1. The molecule has 0 aliphatic rings. The van der Waals surface area contributed by atoms with Crippen LogP contribution in [0.1, 0.15) is 16.5 Å². The molecule has 0 bridgehead atoms. The van der Waals surface area contributed by atoms with E-state index in [2.05, 4.69) is 10.3 Å². The first-order valence-corrected chi connectivity index (χ1v) is 6.04. The van der Waals surface area contributed by atoms with Gasteiger partial charge >= 0.3 is 0 Å². The van der Waals surface area contributed by atoms with Gasteiger partial charge in [-0.25, -0.2) is 0 Å². The number of benzene rings is 1. The van der Waals surface area contributed by atoms with E-state index < -0.39 is 0 Å². The van der Waals surface area contributed by atoms with Crippen molar-refractivity contribution in [2.45, 2.75) is 12.6 Å². The summed E-state index contributed by atoms with van der Waals surface area (Å²) in [5.41, 5.74) is 2.92. The average Bonchev–Trinajstić information content (AvgIpc) is 2.84. The number of nitrogens with one attached hydrogen (secondary N) is 1. The van der Waals surface area contributed by atoms with Crippen LogP contribution in [0.25, 0.3) is 0 Å². The maximum Gasteiger partial charge on any atom is 0.0794 e. The Morgan fingerprint density at radius 3 is 2.75 bits per heavy atom. The first kappa shape index (κ1) is 11.3. The number of thiazole rings is 1. The van der Waals surface area contributed by atoms with Crippen LogP contribution in [-0.4, -0.2) is 16.7 Å². The molecule has 84 valence electrons. The highest BCUT2D eigenvalue weighted by molar-refractivity contribution is 7.09. The number of aliphatic hydroxyl groups is 1. The standard InChI is InChI=1S/C12H14N2OS/c15-8-12(10-4-2-1-3-5-10)14-7-11-6-13-9-16-11/h1-6,9,12,14-15H,7-8H2/t12-/m1/s1. The molecule has 0 aliphatic heterocycles. The summed E-state index contributed by atoms with van der Waals surface area (Å²) in [4.78, 5) is 5.19. The van der Waals surface area contributed by atoms with Gasteiger partial charge in [0.2, 0.25) is 0 Å². The number of nitrogens with zero attached hydrogens (tertiary/aromatic N) is 1. The van der Waals surface area contributed by atoms with Crippen molar-refractivity contribution < 1.29 is 5.11 Å². The predicted molar refractivity (Wildman–Crippen MR) is 65.2 cm³/mol. The Hall–Kier alpha value is -1.23. The molecule has 0 saturated heterocycles. The van der Waals surface area contributed by atoms with Crippen LogP contribution in [0.4, 0.5) is 0 Å². The van der Waals surface area contributed by atoms with Gasteiger partial charge in [-0.3, -0.25) is 4.98 Å². The van der Waals surface area contributed by atoms with Crippen molar-refractivity contribution in [1.82, 2.24) is 10.3 Å². The van der Waals surface area contributed by atoms with Gasteiger partial charge in [-0.2, -0.15) is 0 Å². The van der Waals surface area contributed by atoms with E-state index in [-0.39, 0.29) is 12.6 Å². The minimum atomic E-state index is -0.0108. The number of aromatic nitrogens is 1. The molecule has 2 N–H and O–H groups in total. The lowest BCUT2D eigenvalue weighted by molar-refractivity contribution is 0.244. The topological polar surface area (TPSA) is 45.1 Å². The smallest absolute Gasteiger partial charge is 0.0794 e. The van der Waals surface area contributed by atoms with E-state index >= 15 is 0 Å². The van der Waals surface area contributed by atoms with Gasteiger partial charge in [-0.15, -0.1) is 11.3 Å². The highest BCUT2D eigenvalue weighted by Gasteiger charge is 2.08. The van der Waals surface area contributed by atoms with E-state index in [9.17, 15) is 5.11 Å². The highest BCUT2D eigenvalue weighted by Crippen LogP contribution is 2.13. The van der Waals surface area contributed by atoms with Crippen LogP contribution in [0, 0.1) is 0 Å². The summed E-state index contributed by atoms with van der Waals surface area (Å²) in [6, 6.07) is 9.95. The molecule has 1 atom stereocenters. The van der Waals surface area contributed by atoms with E-state index in [1.807, 2.05) is 42.0 Å². The summed E-state index contributed by atoms with van der Waals surface area (Å²) in [7, 11) is 0. The molecule has 0 fully saturated rings. The summed E-state index contributed by atoms with van der Waals surface area (Å²) in [5, 5.41) is 12.6. The molecule has 2 rings (SSSR count). The minimum absolute atomic E-state index is 0.0108. The molecule has 0 unspecified atom stereocenters. The Kier molecular flexibility index (Phi) is 4.04. The molecule has 3 nitrogen and oxygen atoms in total. The molecule has 0 saturated carbocycles. The van der Waals surface area contributed by atoms with Crippen molar-refractivity contribution in [1.29, 1.82) is 0 Å². The Morgan fingerprint density at radius 2 is 2.12 bits per heavy atom. The molecule has 0 amide bonds. The molecule has 2 aromatic rings. The lowest BCUT2D eigenvalue weighted by Crippen LogP contribution is -2.23. The van der Waals surface area contributed by atoms with E-state index in [0.29, 0.717) is 0 Å². The molecule has 1 heterocycles. The number of rotatable bonds is 5. The first-order chi connectivity index (χ1) is 7.90. The number of hydrogen-bond donors (Lipinski definition) is 2. The fourth-order valence-electron chi connectivity index (χ4n) is 1.53. The zero-order valence-electron chi connectivity index (χ0n) is 8.84. The zero-order chi connectivity index (χ0) is 11.2. The van der Waals surface area contributed by atoms with E-state index in [4.69, 9.17) is 0 Å². The molecule has 16 heavy (non-hydrogen) atoms. The monoisotopic (exact) mass is 234 g/mol. The Labute approximate surface area is 98.8 Å². The van der Waals surface area contributed by atoms with Crippen LogP contribution in [-0.2, 0) is 6.54 Å². The molecule has 4 heteroatoms. The average molecular weight is 234 g/mol. The molecule has 0 radical (unpaired) electrons. The fourth-order valence-corrected chi connectivity index (χ4v) is 2.07. The van der Waals surface area contributed by atoms with Gasteiger partial charge in [-0.05, 0) is 5.56 Å². The summed E-state index contributed by atoms with van der Waals surface area (Å²) in [6.45, 7) is 0.841. The normalized spacial score (nSPS) is 12.6. The predicted octanol–water partition coefficient (Wildman–Crippen LogP) is 1.97. The Morgan fingerprint density at radius 1 is 1.31 bits per heavy atom. The summed E-state index contributed by atoms with van der Waals surface area (Å²) >= 11 is 1.62. The van der Waals surface area contributed by atoms with Crippen molar-refractivity contribution in [2.75, 3.05) is 6.61 Å². The molecule has 1 aromatic heterocycles. The third-order valence-electron chi connectivity index (χ3n) is 2.39. The van der Waals surface area contributed by atoms with E-state index in [1.54, 1.807) is 11.3 Å². The Balaban J connectivity index is 1.96. The van der Waals surface area contributed by atoms with Gasteiger partial charge < -0.3 is 10.4 Å². The lowest BCUT2D eigenvalue weighted by Gasteiger charge is -2.15. The van der Waals surface area contributed by atoms with Crippen LogP contribution >= 0.6 is 11.3 Å². The summed E-state index contributed by atoms with van der Waals surface area (Å²) in [5.74, 6) is 0. The lowest BCUT2D eigenvalue weighted by atomic mass is 10.1. The van der Waals surface area contributed by atoms with Crippen LogP contribution in [0.2, 0.25) is 0 Å². The second kappa shape index (κ2) is 5.75. The minimum Gasteiger partial charge on any atom is -0.394 e. The molecule has 0 aliphatic carbocycles. The van der Waals surface area contributed by atoms with Crippen LogP contribution in [0.5, 0.6) is 0 Å². The van der Waals surface area contributed by atoms with Gasteiger partial charge in [0.05, 0.1) is 18.2 Å². The third kappa shape index (κ3) is 2.88. The largest absolute Gasteiger partial charge is 0.394 e. The summed E-state index contributed by atoms with van der Waals surface area (Å²) in [6.07, 6.45) is 1.84. The van der Waals surface area contributed by atoms with Crippen LogP contribution in [0.3, 0.4) is 0 Å². The Bertz CT molecular complexity index is 402. The molecule has 0 spiro atoms. The van der Waals surface area contributed by atoms with Gasteiger partial charge in [-0.1, -0.05) is 30.3 Å². The van der Waals surface area contributed by atoms with Crippen LogP contribution < -0.4 is 5.32 Å².